The van der Waals surface area contributed by atoms with Gasteiger partial charge in [0.15, 0.2) is 5.09 Å². The maximum absolute atomic E-state index is 5.62. The summed E-state index contributed by atoms with van der Waals surface area (Å²) in [6, 6.07) is 0. The molecule has 0 aromatic heterocycles. The van der Waals surface area contributed by atoms with Crippen molar-refractivity contribution >= 4 is 11.8 Å². The average Bonchev–Trinajstić information content (AvgIpc) is 2.59. The Morgan fingerprint density at radius 2 is 2.20 bits per heavy atom. The first-order valence-corrected chi connectivity index (χ1v) is 6.23. The molecule has 2 N–H and O–H groups in total. The van der Waals surface area contributed by atoms with Crippen LogP contribution >= 0.6 is 11.8 Å². The summed E-state index contributed by atoms with van der Waals surface area (Å²) in [5, 5.41) is 1.03. The molecular formula is C11H21NO2S. The third-order valence-electron chi connectivity index (χ3n) is 2.68. The van der Waals surface area contributed by atoms with Gasteiger partial charge in [0.1, 0.15) is 4.93 Å². The molecule has 4 heteroatoms. The van der Waals surface area contributed by atoms with Gasteiger partial charge in [-0.25, -0.2) is 0 Å². The first kappa shape index (κ1) is 12.9. The van der Waals surface area contributed by atoms with Crippen LogP contribution in [0.15, 0.2) is 10.7 Å². The predicted octanol–water partition coefficient (Wildman–Crippen LogP) is 2.47. The topological polar surface area (TPSA) is 44.5 Å². The molecule has 0 saturated heterocycles. The normalized spacial score (nSPS) is 26.1. The first-order chi connectivity index (χ1) is 7.21. The molecular weight excluding hydrogens is 210 g/mol. The van der Waals surface area contributed by atoms with Crippen molar-refractivity contribution in [1.82, 2.24) is 0 Å². The monoisotopic (exact) mass is 231 g/mol. The van der Waals surface area contributed by atoms with Gasteiger partial charge >= 0.3 is 0 Å². The molecule has 0 amide bonds. The van der Waals surface area contributed by atoms with E-state index in [0.29, 0.717) is 6.54 Å². The van der Waals surface area contributed by atoms with Crippen LogP contribution in [-0.4, -0.2) is 25.7 Å². The second-order valence-electron chi connectivity index (χ2n) is 3.78. The molecule has 1 heterocycles. The van der Waals surface area contributed by atoms with Gasteiger partial charge in [-0.1, -0.05) is 25.1 Å². The van der Waals surface area contributed by atoms with Crippen LogP contribution in [-0.2, 0) is 9.47 Å². The maximum atomic E-state index is 5.62. The number of ether oxygens (including phenoxy) is 2. The Hall–Kier alpha value is -0.190. The number of hydrogen-bond donors (Lipinski definition) is 1. The van der Waals surface area contributed by atoms with Gasteiger partial charge in [-0.15, -0.1) is 0 Å². The van der Waals surface area contributed by atoms with Crippen LogP contribution in [0.2, 0.25) is 0 Å². The first-order valence-electron chi connectivity index (χ1n) is 5.41. The highest BCUT2D eigenvalue weighted by molar-refractivity contribution is 8.04. The number of methoxy groups -OCH3 is 2. The summed E-state index contributed by atoms with van der Waals surface area (Å²) >= 11 is 1.69. The van der Waals surface area contributed by atoms with E-state index >= 15 is 0 Å². The highest BCUT2D eigenvalue weighted by atomic mass is 32.2. The zero-order chi connectivity index (χ0) is 11.3. The fourth-order valence-electron chi connectivity index (χ4n) is 1.93. The Bertz CT molecular complexity index is 243. The third-order valence-corrected chi connectivity index (χ3v) is 4.21. The molecule has 15 heavy (non-hydrogen) atoms. The Kier molecular flexibility index (Phi) is 4.96. The summed E-state index contributed by atoms with van der Waals surface area (Å²) in [5.41, 5.74) is 7.00. The van der Waals surface area contributed by atoms with Crippen molar-refractivity contribution in [3.63, 3.8) is 0 Å². The molecule has 0 spiro atoms. The quantitative estimate of drug-likeness (QED) is 0.762. The largest absolute Gasteiger partial charge is 0.490 e. The van der Waals surface area contributed by atoms with Crippen LogP contribution in [0, 0.1) is 0 Å². The molecule has 0 aromatic carbocycles. The minimum atomic E-state index is -0.176. The van der Waals surface area contributed by atoms with E-state index in [0.717, 1.165) is 30.8 Å². The highest BCUT2D eigenvalue weighted by Crippen LogP contribution is 2.49. The highest BCUT2D eigenvalue weighted by Gasteiger charge is 2.39. The van der Waals surface area contributed by atoms with E-state index in [4.69, 9.17) is 15.2 Å². The molecule has 1 aliphatic heterocycles. The minimum Gasteiger partial charge on any atom is -0.490 e. The van der Waals surface area contributed by atoms with Crippen LogP contribution in [0.1, 0.15) is 32.6 Å². The van der Waals surface area contributed by atoms with Crippen LogP contribution < -0.4 is 5.73 Å². The lowest BCUT2D eigenvalue weighted by Gasteiger charge is -2.26. The van der Waals surface area contributed by atoms with E-state index in [-0.39, 0.29) is 4.93 Å². The Morgan fingerprint density at radius 1 is 1.47 bits per heavy atom. The average molecular weight is 231 g/mol. The summed E-state index contributed by atoms with van der Waals surface area (Å²) in [5.74, 6) is 0. The van der Waals surface area contributed by atoms with Gasteiger partial charge in [0, 0.05) is 13.5 Å². The number of rotatable bonds is 6. The smallest absolute Gasteiger partial charge is 0.154 e. The van der Waals surface area contributed by atoms with Crippen molar-refractivity contribution < 1.29 is 9.47 Å². The number of thioether (sulfide) groups is 1. The Labute approximate surface area is 96.4 Å². The molecule has 0 bridgehead atoms. The van der Waals surface area contributed by atoms with E-state index in [1.807, 2.05) is 0 Å². The van der Waals surface area contributed by atoms with Gasteiger partial charge < -0.3 is 15.2 Å². The van der Waals surface area contributed by atoms with Crippen LogP contribution in [0.5, 0.6) is 0 Å². The van der Waals surface area contributed by atoms with E-state index < -0.39 is 0 Å². The van der Waals surface area contributed by atoms with Crippen molar-refractivity contribution in [3.8, 4) is 0 Å². The summed E-state index contributed by atoms with van der Waals surface area (Å²) < 4.78 is 11.0. The Balaban J connectivity index is 2.72. The van der Waals surface area contributed by atoms with Crippen molar-refractivity contribution in [2.75, 3.05) is 20.8 Å². The fourth-order valence-corrected chi connectivity index (χ4v) is 3.22. The van der Waals surface area contributed by atoms with Gasteiger partial charge in [0.25, 0.3) is 0 Å². The Morgan fingerprint density at radius 3 is 2.67 bits per heavy atom. The van der Waals surface area contributed by atoms with Crippen molar-refractivity contribution in [2.45, 2.75) is 37.5 Å². The molecule has 0 aromatic rings. The summed E-state index contributed by atoms with van der Waals surface area (Å²) in [6.45, 7) is 2.83. The van der Waals surface area contributed by atoms with Crippen LogP contribution in [0.4, 0.5) is 0 Å². The van der Waals surface area contributed by atoms with Crippen molar-refractivity contribution in [3.05, 3.63) is 10.7 Å². The van der Waals surface area contributed by atoms with Crippen LogP contribution in [0.3, 0.4) is 0 Å². The van der Waals surface area contributed by atoms with Crippen molar-refractivity contribution in [1.29, 1.82) is 0 Å². The zero-order valence-corrected chi connectivity index (χ0v) is 10.7. The lowest BCUT2D eigenvalue weighted by molar-refractivity contribution is 0.0683. The molecule has 0 radical (unpaired) electrons. The molecule has 0 aliphatic carbocycles. The molecule has 1 aliphatic rings. The summed E-state index contributed by atoms with van der Waals surface area (Å²) in [6.07, 6.45) is 4.05. The van der Waals surface area contributed by atoms with Gasteiger partial charge in [0.05, 0.1) is 7.11 Å². The molecule has 3 nitrogen and oxygen atoms in total. The molecule has 1 atom stereocenters. The maximum Gasteiger partial charge on any atom is 0.154 e. The van der Waals surface area contributed by atoms with Gasteiger partial charge in [-0.05, 0) is 25.0 Å². The van der Waals surface area contributed by atoms with Gasteiger partial charge in [-0.3, -0.25) is 0 Å². The van der Waals surface area contributed by atoms with E-state index in [1.165, 1.54) is 5.57 Å². The van der Waals surface area contributed by atoms with E-state index in [1.54, 1.807) is 26.0 Å². The molecule has 0 fully saturated rings. The SMILES string of the molecule is CCCC1=C(OC)SC(CCN)(OC)C1. The lowest BCUT2D eigenvalue weighted by atomic mass is 10.0. The van der Waals surface area contributed by atoms with Gasteiger partial charge in [0.2, 0.25) is 0 Å². The zero-order valence-electron chi connectivity index (χ0n) is 9.84. The fraction of sp³-hybridized carbons (Fsp3) is 0.818. The molecule has 1 unspecified atom stereocenters. The third kappa shape index (κ3) is 2.89. The summed E-state index contributed by atoms with van der Waals surface area (Å²) in [7, 11) is 3.48. The second-order valence-corrected chi connectivity index (χ2v) is 5.10. The van der Waals surface area contributed by atoms with Crippen molar-refractivity contribution in [2.24, 2.45) is 5.73 Å². The second kappa shape index (κ2) is 5.77. The number of nitrogens with two attached hydrogens (primary N) is 1. The predicted molar refractivity (Wildman–Crippen MR) is 64.6 cm³/mol. The van der Waals surface area contributed by atoms with E-state index in [9.17, 15) is 0 Å². The minimum absolute atomic E-state index is 0.176. The van der Waals surface area contributed by atoms with Gasteiger partial charge in [-0.2, -0.15) is 0 Å². The lowest BCUT2D eigenvalue weighted by Crippen LogP contribution is -2.28. The summed E-state index contributed by atoms with van der Waals surface area (Å²) in [4.78, 5) is -0.176. The standard InChI is InChI=1S/C11H21NO2S/c1-4-5-9-8-11(14-3,6-7-12)15-10(9)13-2/h4-8,12H2,1-3H3. The van der Waals surface area contributed by atoms with Crippen LogP contribution in [0.25, 0.3) is 0 Å². The molecule has 1 rings (SSSR count). The van der Waals surface area contributed by atoms with E-state index in [2.05, 4.69) is 6.92 Å². The molecule has 0 saturated carbocycles. The molecule has 88 valence electrons. The number of hydrogen-bond acceptors (Lipinski definition) is 4.